The minimum absolute atomic E-state index is 0.0516. The molecular weight excluding hydrogens is 364 g/mol. The van der Waals surface area contributed by atoms with Gasteiger partial charge in [-0.2, -0.15) is 0 Å². The van der Waals surface area contributed by atoms with Gasteiger partial charge in [-0.1, -0.05) is 37.5 Å². The van der Waals surface area contributed by atoms with Crippen molar-refractivity contribution in [2.24, 2.45) is 0 Å². The first-order valence-corrected chi connectivity index (χ1v) is 11.0. The number of sulfone groups is 2. The number of hydrogen-bond acceptors (Lipinski definition) is 6. The van der Waals surface area contributed by atoms with Crippen molar-refractivity contribution >= 4 is 19.7 Å². The summed E-state index contributed by atoms with van der Waals surface area (Å²) in [6, 6.07) is 9.58. The Morgan fingerprint density at radius 1 is 0.920 bits per heavy atom. The topological polar surface area (TPSA) is 108 Å². The Balaban J connectivity index is 1.99. The monoisotopic (exact) mass is 382 g/mol. The zero-order valence-corrected chi connectivity index (χ0v) is 15.0. The molecule has 0 radical (unpaired) electrons. The van der Waals surface area contributed by atoms with Crippen LogP contribution in [0, 0.1) is 5.21 Å². The highest BCUT2D eigenvalue weighted by atomic mass is 32.2. The van der Waals surface area contributed by atoms with E-state index in [0.29, 0.717) is 12.8 Å². The maximum Gasteiger partial charge on any atom is 0.339 e. The van der Waals surface area contributed by atoms with E-state index in [4.69, 9.17) is 0 Å². The van der Waals surface area contributed by atoms with Crippen LogP contribution in [0.2, 0.25) is 0 Å². The molecule has 2 aromatic rings. The second-order valence-electron chi connectivity index (χ2n) is 6.00. The van der Waals surface area contributed by atoms with Gasteiger partial charge in [0.2, 0.25) is 14.9 Å². The number of aromatic nitrogens is 2. The molecule has 0 bridgehead atoms. The first-order chi connectivity index (χ1) is 11.8. The Morgan fingerprint density at radius 2 is 1.56 bits per heavy atom. The van der Waals surface area contributed by atoms with Gasteiger partial charge in [-0.25, -0.2) is 16.8 Å². The average molecular weight is 382 g/mol. The molecule has 1 aromatic carbocycles. The van der Waals surface area contributed by atoms with E-state index in [2.05, 4.69) is 5.10 Å². The van der Waals surface area contributed by atoms with Crippen LogP contribution >= 0.6 is 0 Å². The van der Waals surface area contributed by atoms with Crippen LogP contribution in [0.5, 0.6) is 0 Å². The fourth-order valence-corrected chi connectivity index (χ4v) is 5.98. The van der Waals surface area contributed by atoms with Crippen molar-refractivity contribution < 1.29 is 21.7 Å². The van der Waals surface area contributed by atoms with Crippen LogP contribution < -0.4 is 4.85 Å². The van der Waals surface area contributed by atoms with E-state index in [1.165, 1.54) is 24.3 Å². The van der Waals surface area contributed by atoms with E-state index in [1.54, 1.807) is 6.07 Å². The number of benzene rings is 1. The van der Waals surface area contributed by atoms with Crippen molar-refractivity contribution in [3.63, 3.8) is 0 Å². The lowest BCUT2D eigenvalue weighted by Crippen LogP contribution is -2.40. The lowest BCUT2D eigenvalue weighted by Gasteiger charge is -2.20. The molecule has 0 unspecified atom stereocenters. The first kappa shape index (κ1) is 17.8. The lowest BCUT2D eigenvalue weighted by molar-refractivity contribution is -0.711. The molecule has 134 valence electrons. The zero-order chi connectivity index (χ0) is 18.1. The van der Waals surface area contributed by atoms with Gasteiger partial charge >= 0.3 is 5.03 Å². The van der Waals surface area contributed by atoms with Crippen LogP contribution in [-0.4, -0.2) is 27.2 Å². The summed E-state index contributed by atoms with van der Waals surface area (Å²) in [5, 5.41) is 14.1. The largest absolute Gasteiger partial charge is 0.593 e. The van der Waals surface area contributed by atoms with E-state index in [0.717, 1.165) is 31.4 Å². The minimum Gasteiger partial charge on any atom is -0.593 e. The lowest BCUT2D eigenvalue weighted by atomic mass is 10.0. The molecule has 1 heterocycles. The third kappa shape index (κ3) is 3.38. The normalized spacial score (nSPS) is 16.6. The summed E-state index contributed by atoms with van der Waals surface area (Å²) in [6.45, 7) is 0. The van der Waals surface area contributed by atoms with Gasteiger partial charge in [-0.3, -0.25) is 0 Å². The van der Waals surface area contributed by atoms with Crippen LogP contribution in [0.3, 0.4) is 0 Å². The standard InChI is InChI=1S/C16H18N2O5S2/c19-18-16(25(22,23)14-9-5-2-6-10-14)12-11-15(17-18)24(20,21)13-7-3-1-4-8-13/h2,5-6,9-13H,1,3-4,7-8H2. The summed E-state index contributed by atoms with van der Waals surface area (Å²) in [5.74, 6) is 0. The van der Waals surface area contributed by atoms with Gasteiger partial charge in [0.05, 0.1) is 10.1 Å². The quantitative estimate of drug-likeness (QED) is 0.588. The van der Waals surface area contributed by atoms with Crippen molar-refractivity contribution in [1.82, 2.24) is 5.10 Å². The molecular formula is C16H18N2O5S2. The van der Waals surface area contributed by atoms with Gasteiger partial charge in [0, 0.05) is 11.2 Å². The highest BCUT2D eigenvalue weighted by Crippen LogP contribution is 2.27. The molecule has 1 aliphatic rings. The van der Waals surface area contributed by atoms with Crippen LogP contribution in [0.4, 0.5) is 0 Å². The summed E-state index contributed by atoms with van der Waals surface area (Å²) in [7, 11) is -7.80. The molecule has 0 spiro atoms. The van der Waals surface area contributed by atoms with Crippen LogP contribution in [0.15, 0.2) is 57.4 Å². The van der Waals surface area contributed by atoms with Crippen molar-refractivity contribution in [1.29, 1.82) is 0 Å². The number of rotatable bonds is 4. The Kier molecular flexibility index (Phi) is 4.79. The molecule has 7 nitrogen and oxygen atoms in total. The smallest absolute Gasteiger partial charge is 0.339 e. The van der Waals surface area contributed by atoms with E-state index in [1.807, 2.05) is 0 Å². The maximum absolute atomic E-state index is 12.6. The third-order valence-electron chi connectivity index (χ3n) is 4.36. The Bertz CT molecular complexity index is 967. The first-order valence-electron chi connectivity index (χ1n) is 7.98. The second kappa shape index (κ2) is 6.72. The Hall–Kier alpha value is -2.00. The predicted molar refractivity (Wildman–Crippen MR) is 89.1 cm³/mol. The molecule has 25 heavy (non-hydrogen) atoms. The summed E-state index contributed by atoms with van der Waals surface area (Å²) in [4.78, 5) is -0.165. The molecule has 1 saturated carbocycles. The van der Waals surface area contributed by atoms with Gasteiger partial charge in [-0.15, -0.1) is 0 Å². The van der Waals surface area contributed by atoms with Crippen molar-refractivity contribution in [2.75, 3.05) is 0 Å². The van der Waals surface area contributed by atoms with Crippen molar-refractivity contribution in [2.45, 2.75) is 52.3 Å². The molecule has 1 fully saturated rings. The summed E-state index contributed by atoms with van der Waals surface area (Å²) in [6.07, 6.45) is 3.71. The summed E-state index contributed by atoms with van der Waals surface area (Å²) in [5.41, 5.74) is 0. The molecule has 9 heteroatoms. The molecule has 0 saturated heterocycles. The fourth-order valence-electron chi connectivity index (χ4n) is 2.99. The minimum atomic E-state index is -4.06. The molecule has 0 amide bonds. The molecule has 3 rings (SSSR count). The van der Waals surface area contributed by atoms with Gasteiger partial charge in [-0.05, 0) is 35.9 Å². The van der Waals surface area contributed by atoms with E-state index < -0.39 is 30.0 Å². The Labute approximate surface area is 146 Å². The SMILES string of the molecule is O=S(=O)(c1ccccc1)c1ccc(S(=O)(=O)C2CCCCC2)n[n+]1[O-]. The summed E-state index contributed by atoms with van der Waals surface area (Å²) < 4.78 is 50.2. The van der Waals surface area contributed by atoms with Gasteiger partial charge in [0.25, 0.3) is 9.84 Å². The fraction of sp³-hybridized carbons (Fsp3) is 0.375. The Morgan fingerprint density at radius 3 is 2.16 bits per heavy atom. The predicted octanol–water partition coefficient (Wildman–Crippen LogP) is 1.65. The third-order valence-corrected chi connectivity index (χ3v) is 8.24. The number of nitrogens with zero attached hydrogens (tertiary/aromatic N) is 2. The second-order valence-corrected chi connectivity index (χ2v) is 10.1. The van der Waals surface area contributed by atoms with Crippen LogP contribution in [-0.2, 0) is 19.7 Å². The summed E-state index contributed by atoms with van der Waals surface area (Å²) >= 11 is 0. The van der Waals surface area contributed by atoms with E-state index in [9.17, 15) is 22.0 Å². The van der Waals surface area contributed by atoms with Crippen LogP contribution in [0.25, 0.3) is 0 Å². The van der Waals surface area contributed by atoms with E-state index in [-0.39, 0.29) is 14.8 Å². The molecule has 0 aliphatic heterocycles. The van der Waals surface area contributed by atoms with Crippen molar-refractivity contribution in [3.8, 4) is 0 Å². The van der Waals surface area contributed by atoms with Gasteiger partial charge in [0.1, 0.15) is 0 Å². The molecule has 1 aliphatic carbocycles. The molecule has 0 N–H and O–H groups in total. The van der Waals surface area contributed by atoms with E-state index >= 15 is 0 Å². The molecule has 0 atom stereocenters. The van der Waals surface area contributed by atoms with Gasteiger partial charge < -0.3 is 5.21 Å². The van der Waals surface area contributed by atoms with Crippen LogP contribution in [0.1, 0.15) is 32.1 Å². The van der Waals surface area contributed by atoms with Gasteiger partial charge in [0.15, 0.2) is 0 Å². The van der Waals surface area contributed by atoms with Crippen molar-refractivity contribution in [3.05, 3.63) is 47.7 Å². The zero-order valence-electron chi connectivity index (χ0n) is 13.4. The highest BCUT2D eigenvalue weighted by molar-refractivity contribution is 7.92. The number of hydrogen-bond donors (Lipinski definition) is 0. The maximum atomic E-state index is 12.6. The average Bonchev–Trinajstić information content (AvgIpc) is 2.63. The highest BCUT2D eigenvalue weighted by Gasteiger charge is 2.34. The molecule has 1 aromatic heterocycles.